The molecule has 2 rings (SSSR count). The van der Waals surface area contributed by atoms with Gasteiger partial charge in [-0.2, -0.15) is 10.2 Å². The zero-order valence-corrected chi connectivity index (χ0v) is 13.0. The fourth-order valence-electron chi connectivity index (χ4n) is 2.02. The lowest BCUT2D eigenvalue weighted by atomic mass is 10.0. The van der Waals surface area contributed by atoms with Gasteiger partial charge in [0.05, 0.1) is 21.0 Å². The highest BCUT2D eigenvalue weighted by Crippen LogP contribution is 2.20. The number of nitrogens with one attached hydrogen (secondary N) is 1. The van der Waals surface area contributed by atoms with Crippen LogP contribution in [0.4, 0.5) is 0 Å². The van der Waals surface area contributed by atoms with E-state index in [9.17, 15) is 0 Å². The number of nitrogens with two attached hydrogens (primary N) is 1. The molecule has 0 spiro atoms. The summed E-state index contributed by atoms with van der Waals surface area (Å²) < 4.78 is 2.61. The van der Waals surface area contributed by atoms with E-state index in [2.05, 4.69) is 37.9 Å². The van der Waals surface area contributed by atoms with E-state index in [1.165, 1.54) is 0 Å². The van der Waals surface area contributed by atoms with Crippen molar-refractivity contribution in [2.45, 2.75) is 26.7 Å². The van der Waals surface area contributed by atoms with Crippen molar-refractivity contribution in [1.82, 2.24) is 20.0 Å². The third-order valence-corrected chi connectivity index (χ3v) is 3.42. The SMILES string of the molecule is CCc1nnc(-n2cc(I)cn2)c(C(=N)N)c1CC. The minimum Gasteiger partial charge on any atom is -0.384 e. The van der Waals surface area contributed by atoms with Gasteiger partial charge < -0.3 is 5.73 Å². The van der Waals surface area contributed by atoms with E-state index in [0.717, 1.165) is 27.7 Å². The van der Waals surface area contributed by atoms with Crippen LogP contribution in [0.1, 0.15) is 30.7 Å². The van der Waals surface area contributed by atoms with Crippen LogP contribution in [0.15, 0.2) is 12.4 Å². The van der Waals surface area contributed by atoms with Crippen molar-refractivity contribution < 1.29 is 0 Å². The normalized spacial score (nSPS) is 10.7. The van der Waals surface area contributed by atoms with Gasteiger partial charge in [0.15, 0.2) is 5.82 Å². The molecule has 0 bridgehead atoms. The summed E-state index contributed by atoms with van der Waals surface area (Å²) >= 11 is 2.17. The molecule has 0 atom stereocenters. The van der Waals surface area contributed by atoms with Crippen LogP contribution in [0.2, 0.25) is 0 Å². The van der Waals surface area contributed by atoms with E-state index in [1.807, 2.05) is 20.0 Å². The fraction of sp³-hybridized carbons (Fsp3) is 0.333. The van der Waals surface area contributed by atoms with Crippen LogP contribution in [0.5, 0.6) is 0 Å². The van der Waals surface area contributed by atoms with E-state index >= 15 is 0 Å². The summed E-state index contributed by atoms with van der Waals surface area (Å²) in [4.78, 5) is 0. The topological polar surface area (TPSA) is 93.5 Å². The number of nitrogen functional groups attached to an aromatic ring is 1. The number of halogens is 1. The van der Waals surface area contributed by atoms with Gasteiger partial charge in [-0.15, -0.1) is 5.10 Å². The number of rotatable bonds is 4. The number of amidine groups is 1. The van der Waals surface area contributed by atoms with Crippen molar-refractivity contribution in [3.63, 3.8) is 0 Å². The lowest BCUT2D eigenvalue weighted by molar-refractivity contribution is 0.779. The van der Waals surface area contributed by atoms with Gasteiger partial charge >= 0.3 is 0 Å². The van der Waals surface area contributed by atoms with E-state index in [4.69, 9.17) is 11.1 Å². The van der Waals surface area contributed by atoms with Gasteiger partial charge in [-0.1, -0.05) is 13.8 Å². The molecule has 0 saturated heterocycles. The predicted octanol–water partition coefficient (Wildman–Crippen LogP) is 1.68. The second kappa shape index (κ2) is 5.64. The minimum atomic E-state index is 0.00181. The van der Waals surface area contributed by atoms with Gasteiger partial charge in [0.2, 0.25) is 0 Å². The molecular weight excluding hydrogens is 355 g/mol. The van der Waals surface area contributed by atoms with Crippen LogP contribution < -0.4 is 5.73 Å². The third-order valence-electron chi connectivity index (χ3n) is 2.87. The smallest absolute Gasteiger partial charge is 0.186 e. The van der Waals surface area contributed by atoms with E-state index in [-0.39, 0.29) is 5.84 Å². The first-order valence-corrected chi connectivity index (χ1v) is 7.09. The Morgan fingerprint density at radius 3 is 2.58 bits per heavy atom. The van der Waals surface area contributed by atoms with Crippen LogP contribution in [0.25, 0.3) is 5.82 Å². The molecule has 0 fully saturated rings. The predicted molar refractivity (Wildman–Crippen MR) is 81.6 cm³/mol. The molecule has 0 unspecified atom stereocenters. The first-order chi connectivity index (χ1) is 9.08. The van der Waals surface area contributed by atoms with Gasteiger partial charge in [-0.05, 0) is 41.0 Å². The molecular formula is C12H15IN6. The summed E-state index contributed by atoms with van der Waals surface area (Å²) in [5, 5.41) is 20.5. The summed E-state index contributed by atoms with van der Waals surface area (Å²) in [5.74, 6) is 0.520. The number of aromatic nitrogens is 4. The van der Waals surface area contributed by atoms with Gasteiger partial charge in [0.1, 0.15) is 5.84 Å². The highest BCUT2D eigenvalue weighted by Gasteiger charge is 2.18. The summed E-state index contributed by atoms with van der Waals surface area (Å²) in [6, 6.07) is 0. The maximum Gasteiger partial charge on any atom is 0.186 e. The molecule has 2 aromatic heterocycles. The summed E-state index contributed by atoms with van der Waals surface area (Å²) in [6.07, 6.45) is 5.10. The van der Waals surface area contributed by atoms with Crippen LogP contribution in [-0.2, 0) is 12.8 Å². The minimum absolute atomic E-state index is 0.00181. The maximum atomic E-state index is 7.82. The molecule has 0 aromatic carbocycles. The lowest BCUT2D eigenvalue weighted by Gasteiger charge is -2.13. The van der Waals surface area contributed by atoms with Crippen LogP contribution in [-0.4, -0.2) is 25.8 Å². The van der Waals surface area contributed by atoms with Gasteiger partial charge in [-0.25, -0.2) is 4.68 Å². The average molecular weight is 370 g/mol. The largest absolute Gasteiger partial charge is 0.384 e. The number of hydrogen-bond acceptors (Lipinski definition) is 4. The molecule has 7 heteroatoms. The molecule has 19 heavy (non-hydrogen) atoms. The fourth-order valence-corrected chi connectivity index (χ4v) is 2.41. The molecule has 0 amide bonds. The van der Waals surface area contributed by atoms with Crippen LogP contribution in [0, 0.1) is 8.98 Å². The third kappa shape index (κ3) is 2.60. The molecule has 0 aliphatic heterocycles. The summed E-state index contributed by atoms with van der Waals surface area (Å²) in [6.45, 7) is 4.04. The molecule has 2 aromatic rings. The standard InChI is InChI=1S/C12H15IN6/c1-3-8-9(4-2)17-18-12(10(8)11(14)15)19-6-7(13)5-16-19/h5-6H,3-4H2,1-2H3,(H3,14,15). The Morgan fingerprint density at radius 2 is 2.11 bits per heavy atom. The molecule has 100 valence electrons. The van der Waals surface area contributed by atoms with Crippen LogP contribution >= 0.6 is 22.6 Å². The lowest BCUT2D eigenvalue weighted by Crippen LogP contribution is -2.21. The van der Waals surface area contributed by atoms with Crippen molar-refractivity contribution in [1.29, 1.82) is 5.41 Å². The second-order valence-corrected chi connectivity index (χ2v) is 5.29. The molecule has 2 heterocycles. The first kappa shape index (κ1) is 13.9. The van der Waals surface area contributed by atoms with Crippen molar-refractivity contribution in [2.24, 2.45) is 5.73 Å². The van der Waals surface area contributed by atoms with E-state index in [0.29, 0.717) is 11.4 Å². The Balaban J connectivity index is 2.71. The highest BCUT2D eigenvalue weighted by atomic mass is 127. The van der Waals surface area contributed by atoms with Crippen molar-refractivity contribution in [3.8, 4) is 5.82 Å². The number of aryl methyl sites for hydroxylation is 1. The molecule has 3 N–H and O–H groups in total. The zero-order valence-electron chi connectivity index (χ0n) is 10.8. The second-order valence-electron chi connectivity index (χ2n) is 4.05. The molecule has 6 nitrogen and oxygen atoms in total. The van der Waals surface area contributed by atoms with Crippen LogP contribution in [0.3, 0.4) is 0 Å². The van der Waals surface area contributed by atoms with E-state index in [1.54, 1.807) is 10.9 Å². The molecule has 0 aliphatic carbocycles. The average Bonchev–Trinajstić information content (AvgIpc) is 2.83. The Bertz CT molecular complexity index is 619. The van der Waals surface area contributed by atoms with Gasteiger partial charge in [-0.3, -0.25) is 5.41 Å². The van der Waals surface area contributed by atoms with Gasteiger partial charge in [0.25, 0.3) is 0 Å². The number of nitrogens with zero attached hydrogens (tertiary/aromatic N) is 4. The molecule has 0 saturated carbocycles. The quantitative estimate of drug-likeness (QED) is 0.487. The Labute approximate surface area is 125 Å². The Morgan fingerprint density at radius 1 is 1.37 bits per heavy atom. The van der Waals surface area contributed by atoms with Crippen molar-refractivity contribution in [2.75, 3.05) is 0 Å². The van der Waals surface area contributed by atoms with Gasteiger partial charge in [0, 0.05) is 6.20 Å². The van der Waals surface area contributed by atoms with Crippen molar-refractivity contribution >= 4 is 28.4 Å². The Hall–Kier alpha value is -1.51. The van der Waals surface area contributed by atoms with E-state index < -0.39 is 0 Å². The Kier molecular flexibility index (Phi) is 4.13. The highest BCUT2D eigenvalue weighted by molar-refractivity contribution is 14.1. The monoisotopic (exact) mass is 370 g/mol. The molecule has 0 aliphatic rings. The summed E-state index contributed by atoms with van der Waals surface area (Å²) in [5.41, 5.74) is 8.23. The maximum absolute atomic E-state index is 7.82. The first-order valence-electron chi connectivity index (χ1n) is 6.01. The summed E-state index contributed by atoms with van der Waals surface area (Å²) in [7, 11) is 0. The zero-order chi connectivity index (χ0) is 14.0. The molecule has 0 radical (unpaired) electrons. The number of hydrogen-bond donors (Lipinski definition) is 2. The van der Waals surface area contributed by atoms with Crippen molar-refractivity contribution in [3.05, 3.63) is 32.8 Å².